The van der Waals surface area contributed by atoms with E-state index in [1.807, 2.05) is 4.90 Å². The molecular formula is C14H24N2O3. The number of nitrogens with one attached hydrogen (secondary N) is 1. The summed E-state index contributed by atoms with van der Waals surface area (Å²) in [7, 11) is 0. The second kappa shape index (κ2) is 5.80. The number of hydrogen-bond donors (Lipinski definition) is 2. The van der Waals surface area contributed by atoms with Gasteiger partial charge in [0.25, 0.3) is 0 Å². The summed E-state index contributed by atoms with van der Waals surface area (Å²) in [6.45, 7) is 3.35. The van der Waals surface area contributed by atoms with Gasteiger partial charge in [0, 0.05) is 19.1 Å². The summed E-state index contributed by atoms with van der Waals surface area (Å²) in [5.74, 6) is -0.878. The third kappa shape index (κ3) is 3.61. The van der Waals surface area contributed by atoms with Crippen LogP contribution in [0.25, 0.3) is 0 Å². The Balaban J connectivity index is 1.77. The molecule has 2 amide bonds. The Kier molecular flexibility index (Phi) is 4.32. The van der Waals surface area contributed by atoms with E-state index >= 15 is 0 Å². The molecule has 0 aromatic carbocycles. The molecule has 1 aliphatic heterocycles. The highest BCUT2D eigenvalue weighted by Crippen LogP contribution is 2.46. The number of aliphatic carboxylic acids is 1. The Morgan fingerprint density at radius 1 is 1.21 bits per heavy atom. The highest BCUT2D eigenvalue weighted by atomic mass is 16.4. The van der Waals surface area contributed by atoms with Crippen molar-refractivity contribution in [2.45, 2.75) is 57.9 Å². The summed E-state index contributed by atoms with van der Waals surface area (Å²) in [5.41, 5.74) is 0.503. The monoisotopic (exact) mass is 268 g/mol. The molecule has 5 nitrogen and oxygen atoms in total. The van der Waals surface area contributed by atoms with Gasteiger partial charge >= 0.3 is 12.0 Å². The molecule has 0 aromatic heterocycles. The van der Waals surface area contributed by atoms with Gasteiger partial charge in [0.05, 0.1) is 6.42 Å². The Morgan fingerprint density at radius 2 is 1.79 bits per heavy atom. The third-order valence-electron chi connectivity index (χ3n) is 4.63. The van der Waals surface area contributed by atoms with E-state index in [4.69, 9.17) is 5.11 Å². The fourth-order valence-electron chi connectivity index (χ4n) is 3.42. The van der Waals surface area contributed by atoms with Crippen LogP contribution in [-0.2, 0) is 4.79 Å². The Morgan fingerprint density at radius 3 is 2.32 bits per heavy atom. The highest BCUT2D eigenvalue weighted by molar-refractivity contribution is 5.76. The van der Waals surface area contributed by atoms with Crippen molar-refractivity contribution >= 4 is 12.0 Å². The summed E-state index contributed by atoms with van der Waals surface area (Å²) in [6, 6.07) is -0.422. The number of urea groups is 1. The van der Waals surface area contributed by atoms with E-state index in [0.717, 1.165) is 25.9 Å². The van der Waals surface area contributed by atoms with E-state index in [9.17, 15) is 9.59 Å². The minimum atomic E-state index is -0.878. The fraction of sp³-hybridized carbons (Fsp3) is 0.857. The zero-order valence-electron chi connectivity index (χ0n) is 11.7. The molecule has 1 heterocycles. The number of carboxylic acid groups (broad SMARTS) is 1. The average Bonchev–Trinajstić information content (AvgIpc) is 2.77. The van der Waals surface area contributed by atoms with Crippen molar-refractivity contribution in [1.82, 2.24) is 10.2 Å². The van der Waals surface area contributed by atoms with Gasteiger partial charge in [0.2, 0.25) is 0 Å². The van der Waals surface area contributed by atoms with Crippen LogP contribution in [0.2, 0.25) is 0 Å². The van der Waals surface area contributed by atoms with Crippen LogP contribution >= 0.6 is 0 Å². The predicted octanol–water partition coefficient (Wildman–Crippen LogP) is 2.22. The third-order valence-corrected chi connectivity index (χ3v) is 4.63. The van der Waals surface area contributed by atoms with Crippen LogP contribution in [0.15, 0.2) is 0 Å². The summed E-state index contributed by atoms with van der Waals surface area (Å²) in [5, 5.41) is 11.4. The Bertz CT molecular complexity index is 341. The number of carbonyl (C=O) groups is 2. The molecule has 2 aliphatic rings. The van der Waals surface area contributed by atoms with Crippen molar-refractivity contribution in [3.8, 4) is 0 Å². The zero-order chi connectivity index (χ0) is 13.9. The highest BCUT2D eigenvalue weighted by Gasteiger charge is 2.38. The molecule has 0 bridgehead atoms. The van der Waals surface area contributed by atoms with Gasteiger partial charge in [0.1, 0.15) is 0 Å². The van der Waals surface area contributed by atoms with Crippen molar-refractivity contribution in [3.05, 3.63) is 0 Å². The van der Waals surface area contributed by atoms with Gasteiger partial charge in [-0.2, -0.15) is 0 Å². The molecule has 19 heavy (non-hydrogen) atoms. The van der Waals surface area contributed by atoms with Gasteiger partial charge < -0.3 is 15.3 Å². The topological polar surface area (TPSA) is 69.6 Å². The van der Waals surface area contributed by atoms with Gasteiger partial charge in [-0.3, -0.25) is 4.79 Å². The molecule has 1 unspecified atom stereocenters. The second-order valence-corrected chi connectivity index (χ2v) is 6.14. The quantitative estimate of drug-likeness (QED) is 0.824. The summed E-state index contributed by atoms with van der Waals surface area (Å²) >= 11 is 0. The van der Waals surface area contributed by atoms with Crippen molar-refractivity contribution in [2.24, 2.45) is 5.41 Å². The number of hydrogen-bond acceptors (Lipinski definition) is 2. The van der Waals surface area contributed by atoms with E-state index in [1.165, 1.54) is 25.7 Å². The molecule has 2 N–H and O–H groups in total. The molecule has 1 spiro atoms. The van der Waals surface area contributed by atoms with E-state index in [1.54, 1.807) is 6.92 Å². The largest absolute Gasteiger partial charge is 0.481 e. The van der Waals surface area contributed by atoms with E-state index in [0.29, 0.717) is 5.41 Å². The molecule has 0 radical (unpaired) electrons. The second-order valence-electron chi connectivity index (χ2n) is 6.14. The van der Waals surface area contributed by atoms with Crippen LogP contribution in [0.5, 0.6) is 0 Å². The summed E-state index contributed by atoms with van der Waals surface area (Å²) < 4.78 is 0. The number of amides is 2. The first kappa shape index (κ1) is 14.2. The number of rotatable bonds is 3. The fourth-order valence-corrected chi connectivity index (χ4v) is 3.42. The predicted molar refractivity (Wildman–Crippen MR) is 72.0 cm³/mol. The zero-order valence-corrected chi connectivity index (χ0v) is 11.7. The molecule has 108 valence electrons. The van der Waals surface area contributed by atoms with Crippen LogP contribution in [0, 0.1) is 5.41 Å². The van der Waals surface area contributed by atoms with Crippen LogP contribution in [0.1, 0.15) is 51.9 Å². The maximum Gasteiger partial charge on any atom is 0.317 e. The molecule has 0 aromatic rings. The van der Waals surface area contributed by atoms with E-state index in [-0.39, 0.29) is 18.5 Å². The van der Waals surface area contributed by atoms with Crippen molar-refractivity contribution < 1.29 is 14.7 Å². The number of carbonyl (C=O) groups excluding carboxylic acids is 1. The molecule has 1 saturated carbocycles. The molecule has 1 aliphatic carbocycles. The maximum absolute atomic E-state index is 12.0. The van der Waals surface area contributed by atoms with Crippen molar-refractivity contribution in [2.75, 3.05) is 13.1 Å². The van der Waals surface area contributed by atoms with Gasteiger partial charge in [-0.1, -0.05) is 12.8 Å². The van der Waals surface area contributed by atoms with Gasteiger partial charge in [0.15, 0.2) is 0 Å². The van der Waals surface area contributed by atoms with Crippen molar-refractivity contribution in [1.29, 1.82) is 0 Å². The lowest BCUT2D eigenvalue weighted by molar-refractivity contribution is -0.137. The summed E-state index contributed by atoms with van der Waals surface area (Å²) in [6.07, 6.45) is 7.49. The minimum absolute atomic E-state index is 0.0243. The molecule has 1 saturated heterocycles. The first-order valence-corrected chi connectivity index (χ1v) is 7.28. The van der Waals surface area contributed by atoms with Crippen LogP contribution in [0.3, 0.4) is 0 Å². The lowest BCUT2D eigenvalue weighted by atomic mass is 9.77. The number of carboxylic acids is 1. The SMILES string of the molecule is CC(CC(=O)O)NC(=O)N1CCC2(CCCC2)CC1. The van der Waals surface area contributed by atoms with E-state index < -0.39 is 5.97 Å². The normalized spacial score (nSPS) is 23.3. The molecule has 2 rings (SSSR count). The number of likely N-dealkylation sites (tertiary alicyclic amines) is 1. The first-order chi connectivity index (χ1) is 9.01. The Hall–Kier alpha value is -1.26. The lowest BCUT2D eigenvalue weighted by Crippen LogP contribution is -2.49. The minimum Gasteiger partial charge on any atom is -0.481 e. The summed E-state index contributed by atoms with van der Waals surface area (Å²) in [4.78, 5) is 24.4. The molecular weight excluding hydrogens is 244 g/mol. The van der Waals surface area contributed by atoms with E-state index in [2.05, 4.69) is 5.32 Å². The maximum atomic E-state index is 12.0. The molecule has 1 atom stereocenters. The van der Waals surface area contributed by atoms with Crippen molar-refractivity contribution in [3.63, 3.8) is 0 Å². The van der Waals surface area contributed by atoms with Gasteiger partial charge in [-0.25, -0.2) is 4.79 Å². The first-order valence-electron chi connectivity index (χ1n) is 7.28. The van der Waals surface area contributed by atoms with Gasteiger partial charge in [-0.15, -0.1) is 0 Å². The van der Waals surface area contributed by atoms with Gasteiger partial charge in [-0.05, 0) is 38.0 Å². The molecule has 2 fully saturated rings. The van der Waals surface area contributed by atoms with Crippen LogP contribution in [0.4, 0.5) is 4.79 Å². The number of nitrogens with zero attached hydrogens (tertiary/aromatic N) is 1. The Labute approximate surface area is 114 Å². The average molecular weight is 268 g/mol. The van der Waals surface area contributed by atoms with Crippen LogP contribution < -0.4 is 5.32 Å². The standard InChI is InChI=1S/C14H24N2O3/c1-11(10-12(17)18)15-13(19)16-8-6-14(7-9-16)4-2-3-5-14/h11H,2-10H2,1H3,(H,15,19)(H,17,18). The van der Waals surface area contributed by atoms with Crippen LogP contribution in [-0.4, -0.2) is 41.1 Å². The number of piperidine rings is 1. The smallest absolute Gasteiger partial charge is 0.317 e. The molecule has 5 heteroatoms. The lowest BCUT2D eigenvalue weighted by Gasteiger charge is -2.39.